The summed E-state index contributed by atoms with van der Waals surface area (Å²) in [7, 11) is 0. The van der Waals surface area contributed by atoms with Crippen LogP contribution in [-0.2, 0) is 13.0 Å². The van der Waals surface area contributed by atoms with Crippen molar-refractivity contribution >= 4 is 0 Å². The summed E-state index contributed by atoms with van der Waals surface area (Å²) in [6.45, 7) is 7.83. The Kier molecular flexibility index (Phi) is 4.08. The van der Waals surface area contributed by atoms with E-state index >= 15 is 0 Å². The lowest BCUT2D eigenvalue weighted by Gasteiger charge is -2.34. The quantitative estimate of drug-likeness (QED) is 0.915. The van der Waals surface area contributed by atoms with E-state index in [1.165, 1.54) is 25.9 Å². The molecular weight excluding hydrogens is 252 g/mol. The van der Waals surface area contributed by atoms with Crippen LogP contribution >= 0.6 is 0 Å². The molecule has 1 saturated heterocycles. The Bertz CT molecular complexity index is 449. The molecule has 0 aromatic carbocycles. The summed E-state index contributed by atoms with van der Waals surface area (Å²) in [5, 5.41) is 14.5. The van der Waals surface area contributed by atoms with Crippen LogP contribution < -0.4 is 0 Å². The standard InChI is InChI=1S/C15H26N4O/c1-11(2)18-8-5-12(6-9-18)10-14-16-15-13(20)4-3-7-19(15)17-14/h11-13,20H,3-10H2,1-2H3. The van der Waals surface area contributed by atoms with Gasteiger partial charge in [0.1, 0.15) is 6.10 Å². The molecule has 0 saturated carbocycles. The number of fused-ring (bicyclic) bond motifs is 1. The summed E-state index contributed by atoms with van der Waals surface area (Å²) in [6, 6.07) is 0.657. The van der Waals surface area contributed by atoms with Gasteiger partial charge in [-0.2, -0.15) is 5.10 Å². The lowest BCUT2D eigenvalue weighted by atomic mass is 9.92. The first-order chi connectivity index (χ1) is 9.63. The second-order valence-corrected chi connectivity index (χ2v) is 6.54. The minimum absolute atomic E-state index is 0.409. The van der Waals surface area contributed by atoms with Crippen molar-refractivity contribution in [3.63, 3.8) is 0 Å². The van der Waals surface area contributed by atoms with Gasteiger partial charge in [0.25, 0.3) is 0 Å². The van der Waals surface area contributed by atoms with Gasteiger partial charge in [0, 0.05) is 19.0 Å². The highest BCUT2D eigenvalue weighted by atomic mass is 16.3. The summed E-state index contributed by atoms with van der Waals surface area (Å²) in [5.41, 5.74) is 0. The van der Waals surface area contributed by atoms with E-state index in [1.807, 2.05) is 4.68 Å². The topological polar surface area (TPSA) is 54.2 Å². The molecule has 1 fully saturated rings. The Morgan fingerprint density at radius 1 is 1.20 bits per heavy atom. The van der Waals surface area contributed by atoms with E-state index in [1.54, 1.807) is 0 Å². The van der Waals surface area contributed by atoms with Crippen molar-refractivity contribution in [1.29, 1.82) is 0 Å². The minimum Gasteiger partial charge on any atom is -0.385 e. The first-order valence-electron chi connectivity index (χ1n) is 7.99. The van der Waals surface area contributed by atoms with Gasteiger partial charge < -0.3 is 10.0 Å². The van der Waals surface area contributed by atoms with Crippen LogP contribution in [0.5, 0.6) is 0 Å². The van der Waals surface area contributed by atoms with Crippen molar-refractivity contribution in [3.05, 3.63) is 11.6 Å². The predicted octanol–water partition coefficient (Wildman–Crippen LogP) is 1.77. The first-order valence-corrected chi connectivity index (χ1v) is 7.99. The fourth-order valence-electron chi connectivity index (χ4n) is 3.40. The maximum absolute atomic E-state index is 9.95. The lowest BCUT2D eigenvalue weighted by Crippen LogP contribution is -2.38. The predicted molar refractivity (Wildman–Crippen MR) is 77.4 cm³/mol. The number of piperidine rings is 1. The van der Waals surface area contributed by atoms with E-state index in [9.17, 15) is 5.11 Å². The highest BCUT2D eigenvalue weighted by Gasteiger charge is 2.25. The molecule has 3 rings (SSSR count). The summed E-state index contributed by atoms with van der Waals surface area (Å²) in [5.74, 6) is 2.42. The zero-order valence-corrected chi connectivity index (χ0v) is 12.6. The van der Waals surface area contributed by atoms with Crippen LogP contribution in [0.2, 0.25) is 0 Å². The zero-order chi connectivity index (χ0) is 14.1. The number of aromatic nitrogens is 3. The highest BCUT2D eigenvalue weighted by molar-refractivity contribution is 5.00. The molecule has 2 aliphatic heterocycles. The van der Waals surface area contributed by atoms with Crippen LogP contribution in [0.4, 0.5) is 0 Å². The number of aliphatic hydroxyl groups excluding tert-OH is 1. The number of hydrogen-bond acceptors (Lipinski definition) is 4. The van der Waals surface area contributed by atoms with Crippen LogP contribution in [0, 0.1) is 5.92 Å². The SMILES string of the molecule is CC(C)N1CCC(Cc2nc3n(n2)CCCC3O)CC1. The molecule has 1 atom stereocenters. The summed E-state index contributed by atoms with van der Waals surface area (Å²) in [6.07, 6.45) is 4.87. The van der Waals surface area contributed by atoms with Gasteiger partial charge in [-0.15, -0.1) is 0 Å². The maximum Gasteiger partial charge on any atom is 0.156 e. The molecule has 1 aromatic rings. The van der Waals surface area contributed by atoms with Crippen molar-refractivity contribution in [3.8, 4) is 0 Å². The largest absolute Gasteiger partial charge is 0.385 e. The third-order valence-corrected chi connectivity index (χ3v) is 4.74. The Balaban J connectivity index is 1.59. The Morgan fingerprint density at radius 3 is 2.60 bits per heavy atom. The van der Waals surface area contributed by atoms with Crippen LogP contribution in [0.3, 0.4) is 0 Å². The average molecular weight is 278 g/mol. The van der Waals surface area contributed by atoms with E-state index in [0.29, 0.717) is 12.0 Å². The summed E-state index contributed by atoms with van der Waals surface area (Å²) >= 11 is 0. The second-order valence-electron chi connectivity index (χ2n) is 6.54. The van der Waals surface area contributed by atoms with E-state index < -0.39 is 6.10 Å². The molecule has 0 bridgehead atoms. The monoisotopic (exact) mass is 278 g/mol. The smallest absolute Gasteiger partial charge is 0.156 e. The molecule has 0 radical (unpaired) electrons. The molecule has 3 heterocycles. The number of aliphatic hydroxyl groups is 1. The molecule has 2 aliphatic rings. The number of hydrogen-bond donors (Lipinski definition) is 1. The number of aryl methyl sites for hydroxylation is 1. The van der Waals surface area contributed by atoms with Gasteiger partial charge in [0.2, 0.25) is 0 Å². The molecule has 5 heteroatoms. The highest BCUT2D eigenvalue weighted by Crippen LogP contribution is 2.25. The molecule has 20 heavy (non-hydrogen) atoms. The summed E-state index contributed by atoms with van der Waals surface area (Å²) in [4.78, 5) is 7.12. The van der Waals surface area contributed by atoms with Gasteiger partial charge in [0.05, 0.1) is 0 Å². The summed E-state index contributed by atoms with van der Waals surface area (Å²) < 4.78 is 1.91. The van der Waals surface area contributed by atoms with Crippen molar-refractivity contribution in [2.45, 2.75) is 64.6 Å². The van der Waals surface area contributed by atoms with Gasteiger partial charge in [0.15, 0.2) is 11.6 Å². The van der Waals surface area contributed by atoms with Gasteiger partial charge >= 0.3 is 0 Å². The number of likely N-dealkylation sites (tertiary alicyclic amines) is 1. The number of rotatable bonds is 3. The minimum atomic E-state index is -0.409. The van der Waals surface area contributed by atoms with Crippen LogP contribution in [-0.4, -0.2) is 43.9 Å². The molecule has 1 aromatic heterocycles. The molecule has 0 spiro atoms. The molecular formula is C15H26N4O. The Morgan fingerprint density at radius 2 is 1.95 bits per heavy atom. The molecule has 1 N–H and O–H groups in total. The van der Waals surface area contributed by atoms with Crippen LogP contribution in [0.1, 0.15) is 57.3 Å². The van der Waals surface area contributed by atoms with Gasteiger partial charge in [-0.3, -0.25) is 0 Å². The molecule has 1 unspecified atom stereocenters. The van der Waals surface area contributed by atoms with E-state index in [0.717, 1.165) is 37.5 Å². The van der Waals surface area contributed by atoms with Crippen molar-refractivity contribution in [2.75, 3.05) is 13.1 Å². The molecule has 0 aliphatic carbocycles. The maximum atomic E-state index is 9.95. The third kappa shape index (κ3) is 2.88. The molecule has 112 valence electrons. The third-order valence-electron chi connectivity index (χ3n) is 4.74. The molecule has 0 amide bonds. The lowest BCUT2D eigenvalue weighted by molar-refractivity contribution is 0.130. The zero-order valence-electron chi connectivity index (χ0n) is 12.6. The van der Waals surface area contributed by atoms with Crippen molar-refractivity contribution < 1.29 is 5.11 Å². The van der Waals surface area contributed by atoms with Gasteiger partial charge in [-0.25, -0.2) is 9.67 Å². The van der Waals surface area contributed by atoms with E-state index in [-0.39, 0.29) is 0 Å². The van der Waals surface area contributed by atoms with E-state index in [4.69, 9.17) is 0 Å². The Hall–Kier alpha value is -0.940. The van der Waals surface area contributed by atoms with Crippen molar-refractivity contribution in [2.24, 2.45) is 5.92 Å². The van der Waals surface area contributed by atoms with Crippen molar-refractivity contribution in [1.82, 2.24) is 19.7 Å². The van der Waals surface area contributed by atoms with Crippen LogP contribution in [0.25, 0.3) is 0 Å². The van der Waals surface area contributed by atoms with Gasteiger partial charge in [-0.1, -0.05) is 0 Å². The normalized spacial score (nSPS) is 25.1. The number of nitrogens with zero attached hydrogens (tertiary/aromatic N) is 4. The average Bonchev–Trinajstić information content (AvgIpc) is 2.83. The fourth-order valence-corrected chi connectivity index (χ4v) is 3.40. The Labute approximate surface area is 121 Å². The second kappa shape index (κ2) is 5.82. The van der Waals surface area contributed by atoms with E-state index in [2.05, 4.69) is 28.8 Å². The van der Waals surface area contributed by atoms with Gasteiger partial charge in [-0.05, 0) is 58.5 Å². The fraction of sp³-hybridized carbons (Fsp3) is 0.867. The molecule has 5 nitrogen and oxygen atoms in total. The first kappa shape index (κ1) is 14.0. The van der Waals surface area contributed by atoms with Crippen LogP contribution in [0.15, 0.2) is 0 Å².